The minimum Gasteiger partial charge on any atom is -0.462 e. The normalized spacial score (nSPS) is 11.9. The van der Waals surface area contributed by atoms with Gasteiger partial charge in [0.2, 0.25) is 0 Å². The van der Waals surface area contributed by atoms with Crippen molar-refractivity contribution in [3.05, 3.63) is 0 Å². The van der Waals surface area contributed by atoms with Crippen LogP contribution in [0.3, 0.4) is 0 Å². The van der Waals surface area contributed by atoms with E-state index in [0.29, 0.717) is 19.3 Å². The molecule has 1 atom stereocenters. The lowest BCUT2D eigenvalue weighted by atomic mass is 10.0. The lowest BCUT2D eigenvalue weighted by Gasteiger charge is -2.18. The van der Waals surface area contributed by atoms with Crippen molar-refractivity contribution in [2.75, 3.05) is 13.2 Å². The molecule has 6 heteroatoms. The number of carbonyl (C=O) groups excluding carboxylic acids is 3. The molecule has 0 aromatic heterocycles. The van der Waals surface area contributed by atoms with Crippen LogP contribution in [0.25, 0.3) is 0 Å². The van der Waals surface area contributed by atoms with E-state index in [1.54, 1.807) is 0 Å². The summed E-state index contributed by atoms with van der Waals surface area (Å²) in [5.41, 5.74) is 0. The molecule has 0 fully saturated rings. The Bertz CT molecular complexity index is 887. The zero-order valence-corrected chi connectivity index (χ0v) is 40.2. The van der Waals surface area contributed by atoms with E-state index in [4.69, 9.17) is 14.2 Å². The molecule has 0 bridgehead atoms. The fourth-order valence-corrected chi connectivity index (χ4v) is 8.04. The van der Waals surface area contributed by atoms with Crippen LogP contribution in [0.4, 0.5) is 0 Å². The average molecular weight is 835 g/mol. The standard InChI is InChI=1S/C53H102O6/c1-5-7-9-11-13-15-17-18-19-20-21-22-23-24-26-28-34-38-42-46-53(56)59-50(47-57-51(54)44-40-36-32-27-25-16-14-12-10-8-6-2)48-58-52(55)45-41-37-33-30-29-31-35-39-43-49(3)4/h49-50H,5-48H2,1-4H3/t50-/m0/s1. The molecule has 0 aliphatic rings. The molecule has 0 aliphatic carbocycles. The fourth-order valence-electron chi connectivity index (χ4n) is 8.04. The molecular formula is C53H102O6. The van der Waals surface area contributed by atoms with E-state index in [-0.39, 0.29) is 31.1 Å². The molecule has 59 heavy (non-hydrogen) atoms. The quantitative estimate of drug-likeness (QED) is 0.0345. The number of hydrogen-bond donors (Lipinski definition) is 0. The van der Waals surface area contributed by atoms with Gasteiger partial charge in [0.25, 0.3) is 0 Å². The van der Waals surface area contributed by atoms with Gasteiger partial charge in [0.05, 0.1) is 0 Å². The van der Waals surface area contributed by atoms with Gasteiger partial charge in [-0.25, -0.2) is 0 Å². The Morgan fingerprint density at radius 1 is 0.322 bits per heavy atom. The second-order valence-electron chi connectivity index (χ2n) is 18.6. The number of ether oxygens (including phenoxy) is 3. The Morgan fingerprint density at radius 3 is 0.831 bits per heavy atom. The maximum atomic E-state index is 12.8. The van der Waals surface area contributed by atoms with Gasteiger partial charge in [0, 0.05) is 19.3 Å². The zero-order valence-electron chi connectivity index (χ0n) is 40.2. The Labute approximate surface area is 368 Å². The lowest BCUT2D eigenvalue weighted by Crippen LogP contribution is -2.30. The fraction of sp³-hybridized carbons (Fsp3) is 0.943. The van der Waals surface area contributed by atoms with Gasteiger partial charge in [-0.1, -0.05) is 259 Å². The van der Waals surface area contributed by atoms with Crippen LogP contribution >= 0.6 is 0 Å². The summed E-state index contributed by atoms with van der Waals surface area (Å²) < 4.78 is 16.8. The van der Waals surface area contributed by atoms with E-state index in [1.807, 2.05) is 0 Å². The van der Waals surface area contributed by atoms with Gasteiger partial charge in [0.15, 0.2) is 6.10 Å². The third-order valence-electron chi connectivity index (χ3n) is 12.0. The summed E-state index contributed by atoms with van der Waals surface area (Å²) in [4.78, 5) is 37.9. The van der Waals surface area contributed by atoms with E-state index < -0.39 is 6.10 Å². The Kier molecular flexibility index (Phi) is 46.2. The molecule has 0 unspecified atom stereocenters. The van der Waals surface area contributed by atoms with Crippen molar-refractivity contribution in [1.82, 2.24) is 0 Å². The van der Waals surface area contributed by atoms with Crippen LogP contribution in [0.2, 0.25) is 0 Å². The topological polar surface area (TPSA) is 78.9 Å². The third-order valence-corrected chi connectivity index (χ3v) is 12.0. The molecule has 0 radical (unpaired) electrons. The highest BCUT2D eigenvalue weighted by molar-refractivity contribution is 5.71. The highest BCUT2D eigenvalue weighted by Gasteiger charge is 2.19. The second kappa shape index (κ2) is 47.5. The van der Waals surface area contributed by atoms with Gasteiger partial charge in [-0.2, -0.15) is 0 Å². The number of carbonyl (C=O) groups is 3. The summed E-state index contributed by atoms with van der Waals surface area (Å²) in [6, 6.07) is 0. The summed E-state index contributed by atoms with van der Waals surface area (Å²) in [5, 5.41) is 0. The van der Waals surface area contributed by atoms with Crippen LogP contribution in [-0.2, 0) is 28.6 Å². The minimum absolute atomic E-state index is 0.0632. The predicted octanol–water partition coefficient (Wildman–Crippen LogP) is 17.1. The average Bonchev–Trinajstić information content (AvgIpc) is 3.22. The number of hydrogen-bond acceptors (Lipinski definition) is 6. The molecule has 0 N–H and O–H groups in total. The molecule has 0 aliphatic heterocycles. The smallest absolute Gasteiger partial charge is 0.306 e. The molecule has 0 spiro atoms. The first-order chi connectivity index (χ1) is 28.9. The highest BCUT2D eigenvalue weighted by atomic mass is 16.6. The van der Waals surface area contributed by atoms with E-state index in [0.717, 1.165) is 63.7 Å². The number of unbranched alkanes of at least 4 members (excludes halogenated alkanes) is 35. The summed E-state index contributed by atoms with van der Waals surface area (Å²) in [5.74, 6) is -0.0501. The van der Waals surface area contributed by atoms with Crippen LogP contribution in [0.5, 0.6) is 0 Å². The first-order valence-corrected chi connectivity index (χ1v) is 26.4. The van der Waals surface area contributed by atoms with Crippen molar-refractivity contribution in [3.63, 3.8) is 0 Å². The zero-order chi connectivity index (χ0) is 43.1. The Hall–Kier alpha value is -1.59. The monoisotopic (exact) mass is 835 g/mol. The molecule has 0 saturated heterocycles. The number of esters is 3. The van der Waals surface area contributed by atoms with Crippen molar-refractivity contribution < 1.29 is 28.6 Å². The van der Waals surface area contributed by atoms with Crippen LogP contribution in [-0.4, -0.2) is 37.2 Å². The number of rotatable bonds is 48. The van der Waals surface area contributed by atoms with E-state index in [9.17, 15) is 14.4 Å². The van der Waals surface area contributed by atoms with Gasteiger partial charge < -0.3 is 14.2 Å². The first-order valence-electron chi connectivity index (χ1n) is 26.4. The molecule has 0 saturated carbocycles. The van der Waals surface area contributed by atoms with E-state index in [1.165, 1.54) is 193 Å². The van der Waals surface area contributed by atoms with Crippen LogP contribution in [0, 0.1) is 5.92 Å². The highest BCUT2D eigenvalue weighted by Crippen LogP contribution is 2.17. The van der Waals surface area contributed by atoms with Crippen molar-refractivity contribution in [2.24, 2.45) is 5.92 Å². The van der Waals surface area contributed by atoms with Gasteiger partial charge in [-0.3, -0.25) is 14.4 Å². The SMILES string of the molecule is CCCCCCCCCCCCCCCCCCCCCC(=O)O[C@@H](COC(=O)CCCCCCCCCCCCC)COC(=O)CCCCCCCCCCC(C)C. The molecule has 6 nitrogen and oxygen atoms in total. The summed E-state index contributed by atoms with van der Waals surface area (Å²) >= 11 is 0. The minimum atomic E-state index is -0.760. The van der Waals surface area contributed by atoms with Crippen LogP contribution in [0.1, 0.15) is 297 Å². The molecule has 0 aromatic carbocycles. The second-order valence-corrected chi connectivity index (χ2v) is 18.6. The summed E-state index contributed by atoms with van der Waals surface area (Å²) in [6.07, 6.45) is 49.5. The van der Waals surface area contributed by atoms with Gasteiger partial charge in [0.1, 0.15) is 13.2 Å². The predicted molar refractivity (Wildman–Crippen MR) is 252 cm³/mol. The van der Waals surface area contributed by atoms with E-state index >= 15 is 0 Å². The summed E-state index contributed by atoms with van der Waals surface area (Å²) in [7, 11) is 0. The van der Waals surface area contributed by atoms with Gasteiger partial charge >= 0.3 is 17.9 Å². The Balaban J connectivity index is 4.25. The Morgan fingerprint density at radius 2 is 0.559 bits per heavy atom. The molecule has 350 valence electrons. The summed E-state index contributed by atoms with van der Waals surface area (Å²) in [6.45, 7) is 8.99. The maximum Gasteiger partial charge on any atom is 0.306 e. The van der Waals surface area contributed by atoms with Crippen molar-refractivity contribution in [1.29, 1.82) is 0 Å². The largest absolute Gasteiger partial charge is 0.462 e. The van der Waals surface area contributed by atoms with E-state index in [2.05, 4.69) is 27.7 Å². The molecule has 0 aromatic rings. The molecule has 0 amide bonds. The van der Waals surface area contributed by atoms with Crippen LogP contribution in [0.15, 0.2) is 0 Å². The molecular weight excluding hydrogens is 733 g/mol. The van der Waals surface area contributed by atoms with Gasteiger partial charge in [-0.05, 0) is 25.2 Å². The van der Waals surface area contributed by atoms with Crippen molar-refractivity contribution in [2.45, 2.75) is 303 Å². The van der Waals surface area contributed by atoms with Crippen molar-refractivity contribution in [3.8, 4) is 0 Å². The maximum absolute atomic E-state index is 12.8. The third kappa shape index (κ3) is 47.3. The van der Waals surface area contributed by atoms with Crippen molar-refractivity contribution >= 4 is 17.9 Å². The van der Waals surface area contributed by atoms with Gasteiger partial charge in [-0.15, -0.1) is 0 Å². The first kappa shape index (κ1) is 57.4. The molecule has 0 heterocycles. The molecule has 0 rings (SSSR count). The lowest BCUT2D eigenvalue weighted by molar-refractivity contribution is -0.167. The van der Waals surface area contributed by atoms with Crippen LogP contribution < -0.4 is 0 Å².